The molecule has 0 aliphatic heterocycles. The van der Waals surface area contributed by atoms with Crippen LogP contribution in [0.2, 0.25) is 5.02 Å². The fourth-order valence-electron chi connectivity index (χ4n) is 1.87. The number of rotatable bonds is 2. The first-order valence-electron chi connectivity index (χ1n) is 5.56. The molecule has 0 saturated heterocycles. The topological polar surface area (TPSA) is 55.1 Å². The van der Waals surface area contributed by atoms with E-state index >= 15 is 0 Å². The van der Waals surface area contributed by atoms with Gasteiger partial charge in [0.2, 0.25) is 0 Å². The van der Waals surface area contributed by atoms with Crippen molar-refractivity contribution >= 4 is 33.5 Å². The molecule has 1 aromatic carbocycles. The maximum Gasteiger partial charge on any atom is 0.434 e. The molecule has 4 nitrogen and oxygen atoms in total. The van der Waals surface area contributed by atoms with Crippen molar-refractivity contribution in [1.82, 2.24) is 9.78 Å². The Kier molecular flexibility index (Phi) is 4.22. The predicted molar refractivity (Wildman–Crippen MR) is 73.3 cm³/mol. The van der Waals surface area contributed by atoms with Crippen molar-refractivity contribution in [2.45, 2.75) is 6.18 Å². The standard InChI is InChI=1S/C12H6BrClF4N2O2/c1-20-10(12(16,17)18)8(13)9(19-20)5-2-4(11(21)22)6(14)3-7(5)15/h2-3H,1H3,(H,21,22)/i2+2,3+2,4+2,5+2,6+2,7+2. The number of hydrogen-bond donors (Lipinski definition) is 1. The molecule has 0 fully saturated rings. The molecule has 1 N–H and O–H groups in total. The second-order valence-corrected chi connectivity index (χ2v) is 5.45. The summed E-state index contributed by atoms with van der Waals surface area (Å²) in [7, 11) is 1.04. The van der Waals surface area contributed by atoms with Gasteiger partial charge in [-0.15, -0.1) is 0 Å². The van der Waals surface area contributed by atoms with Gasteiger partial charge in [0.05, 0.1) is 15.1 Å². The molecule has 0 aliphatic rings. The minimum atomic E-state index is -4.71. The van der Waals surface area contributed by atoms with Crippen molar-refractivity contribution in [2.75, 3.05) is 0 Å². The van der Waals surface area contributed by atoms with E-state index in [2.05, 4.69) is 21.0 Å². The van der Waals surface area contributed by atoms with E-state index in [1.165, 1.54) is 0 Å². The number of carboxylic acid groups (broad SMARTS) is 1. The fourth-order valence-corrected chi connectivity index (χ4v) is 2.88. The van der Waals surface area contributed by atoms with Gasteiger partial charge in [-0.1, -0.05) is 11.6 Å². The van der Waals surface area contributed by atoms with Crippen LogP contribution in [0.4, 0.5) is 17.6 Å². The number of carbonyl (C=O) groups is 1. The van der Waals surface area contributed by atoms with Crippen LogP contribution in [0.3, 0.4) is 0 Å². The van der Waals surface area contributed by atoms with Crippen molar-refractivity contribution in [2.24, 2.45) is 7.05 Å². The first kappa shape index (κ1) is 16.8. The predicted octanol–water partition coefficient (Wildman–Crippen LogP) is 4.36. The van der Waals surface area contributed by atoms with Crippen LogP contribution in [-0.2, 0) is 13.2 Å². The number of carboxylic acids is 1. The van der Waals surface area contributed by atoms with Crippen molar-refractivity contribution in [1.29, 1.82) is 0 Å². The SMILES string of the molecule is Cn1nc(-[14c]2[14cH][14c](C(=O)O)[14c](Cl)[14cH][14c]2F)c(Br)c1C(F)(F)F. The summed E-state index contributed by atoms with van der Waals surface area (Å²) < 4.78 is 52.8. The van der Waals surface area contributed by atoms with Gasteiger partial charge >= 0.3 is 12.1 Å². The molecule has 0 atom stereocenters. The third-order valence-electron chi connectivity index (χ3n) is 2.80. The van der Waals surface area contributed by atoms with Gasteiger partial charge in [-0.3, -0.25) is 4.68 Å². The van der Waals surface area contributed by atoms with Gasteiger partial charge in [0, 0.05) is 12.6 Å². The highest BCUT2D eigenvalue weighted by Gasteiger charge is 2.39. The Hall–Kier alpha value is -1.61. The van der Waals surface area contributed by atoms with E-state index in [0.717, 1.165) is 13.1 Å². The van der Waals surface area contributed by atoms with Crippen LogP contribution in [-0.4, -0.2) is 20.9 Å². The van der Waals surface area contributed by atoms with Gasteiger partial charge in [0.1, 0.15) is 11.5 Å². The normalized spacial score (nSPS) is 11.8. The molecule has 118 valence electrons. The highest BCUT2D eigenvalue weighted by molar-refractivity contribution is 9.10. The summed E-state index contributed by atoms with van der Waals surface area (Å²) in [5.74, 6) is -2.42. The molecule has 0 unspecified atom stereocenters. The van der Waals surface area contributed by atoms with Gasteiger partial charge in [-0.2, -0.15) is 18.3 Å². The summed E-state index contributed by atoms with van der Waals surface area (Å²) in [6, 6.07) is 1.56. The third kappa shape index (κ3) is 2.82. The van der Waals surface area contributed by atoms with E-state index in [4.69, 9.17) is 16.7 Å². The molecule has 0 bridgehead atoms. The Labute approximate surface area is 134 Å². The second kappa shape index (κ2) is 5.54. The molecule has 0 amide bonds. The van der Waals surface area contributed by atoms with Crippen LogP contribution in [0.1, 0.15) is 16.1 Å². The summed E-state index contributed by atoms with van der Waals surface area (Å²) in [4.78, 5) is 11.0. The number of aromatic nitrogens is 2. The monoisotopic (exact) mass is 412 g/mol. The Morgan fingerprint density at radius 2 is 2.05 bits per heavy atom. The van der Waals surface area contributed by atoms with E-state index in [9.17, 15) is 22.4 Å². The summed E-state index contributed by atoms with van der Waals surface area (Å²) in [6.45, 7) is 0. The zero-order valence-electron chi connectivity index (χ0n) is 10.7. The number of nitrogens with zero attached hydrogens (tertiary/aromatic N) is 2. The summed E-state index contributed by atoms with van der Waals surface area (Å²) >= 11 is 8.33. The number of aryl methyl sites for hydroxylation is 1. The third-order valence-corrected chi connectivity index (χ3v) is 3.86. The lowest BCUT2D eigenvalue weighted by molar-refractivity contribution is -0.144. The molecule has 0 spiro atoms. The molecule has 2 aromatic rings. The molecule has 0 radical (unpaired) electrons. The molecular weight excluding hydrogens is 407 g/mol. The van der Waals surface area contributed by atoms with Gasteiger partial charge in [0.25, 0.3) is 0 Å². The van der Waals surface area contributed by atoms with E-state index in [1.807, 2.05) is 0 Å². The smallest absolute Gasteiger partial charge is 0.434 e. The molecule has 10 heteroatoms. The average Bonchev–Trinajstić information content (AvgIpc) is 2.63. The van der Waals surface area contributed by atoms with Gasteiger partial charge in [-0.05, 0) is 28.1 Å². The van der Waals surface area contributed by atoms with Crippen molar-refractivity contribution < 1.29 is 27.5 Å². The molecule has 1 heterocycles. The minimum Gasteiger partial charge on any atom is -0.478 e. The quantitative estimate of drug-likeness (QED) is 0.745. The Morgan fingerprint density at radius 3 is 2.50 bits per heavy atom. The van der Waals surface area contributed by atoms with Gasteiger partial charge in [0.15, 0.2) is 5.69 Å². The lowest BCUT2D eigenvalue weighted by Gasteiger charge is -2.07. The van der Waals surface area contributed by atoms with Gasteiger partial charge in [-0.25, -0.2) is 9.18 Å². The van der Waals surface area contributed by atoms with Crippen molar-refractivity contribution in [3.63, 3.8) is 0 Å². The van der Waals surface area contributed by atoms with E-state index in [-0.39, 0.29) is 10.7 Å². The number of aromatic carboxylic acids is 1. The Balaban J connectivity index is 2.73. The van der Waals surface area contributed by atoms with Crippen LogP contribution in [0.25, 0.3) is 11.3 Å². The summed E-state index contributed by atoms with van der Waals surface area (Å²) in [6.07, 6.45) is -4.71. The van der Waals surface area contributed by atoms with Crippen LogP contribution in [0, 0.1) is 5.82 Å². The molecule has 1 aromatic heterocycles. The summed E-state index contributed by atoms with van der Waals surface area (Å²) in [5.41, 5.74) is -2.33. The summed E-state index contributed by atoms with van der Waals surface area (Å²) in [5, 5.41) is 12.2. The molecule has 22 heavy (non-hydrogen) atoms. The Morgan fingerprint density at radius 1 is 1.45 bits per heavy atom. The van der Waals surface area contributed by atoms with E-state index < -0.39 is 39.3 Å². The van der Waals surface area contributed by atoms with Crippen LogP contribution in [0.15, 0.2) is 16.6 Å². The zero-order chi connectivity index (χ0) is 16.8. The maximum absolute atomic E-state index is 14.0. The lowest BCUT2D eigenvalue weighted by Crippen LogP contribution is -2.12. The van der Waals surface area contributed by atoms with Crippen LogP contribution in [0.5, 0.6) is 0 Å². The number of hydrogen-bond acceptors (Lipinski definition) is 2. The first-order valence-corrected chi connectivity index (χ1v) is 6.73. The fraction of sp³-hybridized carbons (Fsp3) is 0.167. The first-order chi connectivity index (χ1) is 10.0. The lowest BCUT2D eigenvalue weighted by atomic mass is 10.4. The van der Waals surface area contributed by atoms with E-state index in [1.54, 1.807) is 0 Å². The van der Waals surface area contributed by atoms with Crippen LogP contribution >= 0.6 is 27.5 Å². The van der Waals surface area contributed by atoms with Gasteiger partial charge < -0.3 is 5.11 Å². The Bertz CT molecular complexity index is 773. The number of alkyl halides is 3. The molecule has 0 aliphatic carbocycles. The van der Waals surface area contributed by atoms with E-state index in [0.29, 0.717) is 10.7 Å². The zero-order valence-corrected chi connectivity index (χ0v) is 13.0. The number of benzene rings is 1. The van der Waals surface area contributed by atoms with Crippen LogP contribution < -0.4 is 0 Å². The molecule has 2 rings (SSSR count). The highest BCUT2D eigenvalue weighted by Crippen LogP contribution is 2.41. The number of halogens is 6. The van der Waals surface area contributed by atoms with Crippen molar-refractivity contribution in [3.8, 4) is 11.3 Å². The molecule has 0 saturated carbocycles. The largest absolute Gasteiger partial charge is 0.478 e. The minimum absolute atomic E-state index is 0.364. The molecular formula is C12H6BrClF4N2O2. The highest BCUT2D eigenvalue weighted by atomic mass is 79.9. The second-order valence-electron chi connectivity index (χ2n) is 4.25. The maximum atomic E-state index is 14.0. The average molecular weight is 413 g/mol. The van der Waals surface area contributed by atoms with Crippen molar-refractivity contribution in [3.05, 3.63) is 38.7 Å².